The first-order valence-electron chi connectivity index (χ1n) is 10.9. The van der Waals surface area contributed by atoms with Crippen LogP contribution in [0.5, 0.6) is 5.75 Å². The van der Waals surface area contributed by atoms with Crippen molar-refractivity contribution in [3.63, 3.8) is 0 Å². The number of rotatable bonds is 8. The number of imide groups is 1. The molecule has 3 amide bonds. The van der Waals surface area contributed by atoms with Gasteiger partial charge in [0.15, 0.2) is 0 Å². The molecule has 1 aliphatic rings. The Balaban J connectivity index is 1.44. The van der Waals surface area contributed by atoms with Crippen molar-refractivity contribution in [2.45, 2.75) is 18.4 Å². The lowest BCUT2D eigenvalue weighted by atomic mass is 10.1. The molecule has 1 aliphatic heterocycles. The third-order valence-corrected chi connectivity index (χ3v) is 6.84. The van der Waals surface area contributed by atoms with Crippen molar-refractivity contribution >= 4 is 52.3 Å². The van der Waals surface area contributed by atoms with Gasteiger partial charge < -0.3 is 10.1 Å². The summed E-state index contributed by atoms with van der Waals surface area (Å²) >= 11 is 2.37. The van der Waals surface area contributed by atoms with Gasteiger partial charge >= 0.3 is 0 Å². The summed E-state index contributed by atoms with van der Waals surface area (Å²) in [5, 5.41) is 2.27. The number of anilines is 1. The Hall–Kier alpha value is -3.49. The summed E-state index contributed by atoms with van der Waals surface area (Å²) in [6.07, 6.45) is 3.58. The molecule has 3 aromatic carbocycles. The summed E-state index contributed by atoms with van der Waals surface area (Å²) in [4.78, 5) is 40.2. The van der Waals surface area contributed by atoms with E-state index >= 15 is 0 Å². The van der Waals surface area contributed by atoms with Crippen molar-refractivity contribution in [3.8, 4) is 5.75 Å². The molecular formula is C27H24N2O4S2. The summed E-state index contributed by atoms with van der Waals surface area (Å²) in [5.74, 6) is -0.331. The molecule has 0 spiro atoms. The van der Waals surface area contributed by atoms with Gasteiger partial charge in [-0.2, -0.15) is 0 Å². The number of amides is 3. The Labute approximate surface area is 212 Å². The Morgan fingerprint density at radius 1 is 1.06 bits per heavy atom. The molecule has 0 aliphatic carbocycles. The molecule has 1 saturated heterocycles. The number of carbonyl (C=O) groups excluding carboxylic acids is 3. The number of nitrogens with zero attached hydrogens (tertiary/aromatic N) is 1. The highest BCUT2D eigenvalue weighted by atomic mass is 32.2. The largest absolute Gasteiger partial charge is 0.488 e. The third-order valence-electron chi connectivity index (χ3n) is 5.21. The zero-order valence-corrected chi connectivity index (χ0v) is 20.9. The van der Waals surface area contributed by atoms with E-state index < -0.39 is 17.1 Å². The quantitative estimate of drug-likeness (QED) is 0.301. The van der Waals surface area contributed by atoms with E-state index in [4.69, 9.17) is 4.74 Å². The van der Waals surface area contributed by atoms with E-state index in [9.17, 15) is 14.4 Å². The standard InChI is InChI=1S/C27H24N2O4S2/c1-18-7-5-8-19(13-18)17-33-23-12-4-3-9-20(23)14-24-26(31)29(27(32)35-24)16-25(30)28-21-10-6-11-22(15-21)34-2/h3-15H,16-17H2,1-2H3,(H,28,30)/b24-14+. The van der Waals surface area contributed by atoms with Gasteiger partial charge in [-0.15, -0.1) is 11.8 Å². The Bertz CT molecular complexity index is 1310. The fourth-order valence-corrected chi connectivity index (χ4v) is 4.81. The van der Waals surface area contributed by atoms with E-state index in [-0.39, 0.29) is 11.4 Å². The number of hydrogen-bond donors (Lipinski definition) is 1. The zero-order chi connectivity index (χ0) is 24.8. The van der Waals surface area contributed by atoms with E-state index in [1.54, 1.807) is 23.9 Å². The molecule has 0 unspecified atom stereocenters. The number of thioether (sulfide) groups is 2. The van der Waals surface area contributed by atoms with Gasteiger partial charge in [0.25, 0.3) is 11.1 Å². The van der Waals surface area contributed by atoms with Crippen molar-refractivity contribution in [3.05, 3.63) is 94.4 Å². The van der Waals surface area contributed by atoms with Gasteiger partial charge in [-0.25, -0.2) is 0 Å². The van der Waals surface area contributed by atoms with Crippen LogP contribution in [0.15, 0.2) is 82.6 Å². The molecule has 0 atom stereocenters. The van der Waals surface area contributed by atoms with Gasteiger partial charge in [-0.3, -0.25) is 19.3 Å². The van der Waals surface area contributed by atoms with Crippen LogP contribution < -0.4 is 10.1 Å². The molecule has 0 aromatic heterocycles. The molecule has 178 valence electrons. The van der Waals surface area contributed by atoms with E-state index in [0.717, 1.165) is 32.7 Å². The van der Waals surface area contributed by atoms with Crippen molar-refractivity contribution in [1.29, 1.82) is 0 Å². The molecule has 6 nitrogen and oxygen atoms in total. The van der Waals surface area contributed by atoms with Crippen LogP contribution in [0, 0.1) is 6.92 Å². The Morgan fingerprint density at radius 3 is 2.66 bits per heavy atom. The Morgan fingerprint density at radius 2 is 1.86 bits per heavy atom. The first-order chi connectivity index (χ1) is 16.9. The van der Waals surface area contributed by atoms with Crippen molar-refractivity contribution in [2.75, 3.05) is 18.1 Å². The highest BCUT2D eigenvalue weighted by molar-refractivity contribution is 8.18. The fourth-order valence-electron chi connectivity index (χ4n) is 3.52. The average Bonchev–Trinajstić information content (AvgIpc) is 3.11. The van der Waals surface area contributed by atoms with Gasteiger partial charge in [0.1, 0.15) is 18.9 Å². The van der Waals surface area contributed by atoms with Crippen LogP contribution in [-0.2, 0) is 16.2 Å². The molecule has 1 N–H and O–H groups in total. The molecule has 4 rings (SSSR count). The number of hydrogen-bond acceptors (Lipinski definition) is 6. The predicted molar refractivity (Wildman–Crippen MR) is 141 cm³/mol. The molecule has 8 heteroatoms. The lowest BCUT2D eigenvalue weighted by molar-refractivity contribution is -0.127. The van der Waals surface area contributed by atoms with Gasteiger partial charge in [-0.1, -0.05) is 54.1 Å². The van der Waals surface area contributed by atoms with Crippen molar-refractivity contribution in [2.24, 2.45) is 0 Å². The molecule has 0 saturated carbocycles. The molecule has 1 heterocycles. The normalized spacial score (nSPS) is 14.5. The zero-order valence-electron chi connectivity index (χ0n) is 19.3. The minimum Gasteiger partial charge on any atom is -0.488 e. The number of carbonyl (C=O) groups is 3. The minimum absolute atomic E-state index is 0.249. The lowest BCUT2D eigenvalue weighted by Gasteiger charge is -2.13. The number of nitrogens with one attached hydrogen (secondary N) is 1. The third kappa shape index (κ3) is 6.35. The van der Waals surface area contributed by atoms with Crippen LogP contribution in [0.2, 0.25) is 0 Å². The number of para-hydroxylation sites is 1. The van der Waals surface area contributed by atoms with Crippen LogP contribution in [0.4, 0.5) is 10.5 Å². The van der Waals surface area contributed by atoms with E-state index in [1.165, 1.54) is 0 Å². The monoisotopic (exact) mass is 504 g/mol. The van der Waals surface area contributed by atoms with Crippen LogP contribution in [0.3, 0.4) is 0 Å². The first-order valence-corrected chi connectivity index (χ1v) is 12.9. The molecule has 1 fully saturated rings. The minimum atomic E-state index is -0.499. The molecular weight excluding hydrogens is 480 g/mol. The Kier molecular flexibility index (Phi) is 7.94. The SMILES string of the molecule is CSc1cccc(NC(=O)CN2C(=O)S/C(=C/c3ccccc3OCc3cccc(C)c3)C2=O)c1. The van der Waals surface area contributed by atoms with Crippen LogP contribution >= 0.6 is 23.5 Å². The van der Waals surface area contributed by atoms with Crippen molar-refractivity contribution < 1.29 is 19.1 Å². The number of benzene rings is 3. The summed E-state index contributed by atoms with van der Waals surface area (Å²) < 4.78 is 6.00. The van der Waals surface area contributed by atoms with Gasteiger partial charge in [0, 0.05) is 16.1 Å². The second kappa shape index (κ2) is 11.3. The fraction of sp³-hybridized carbons (Fsp3) is 0.148. The summed E-state index contributed by atoms with van der Waals surface area (Å²) in [7, 11) is 0. The second-order valence-corrected chi connectivity index (χ2v) is 9.74. The maximum absolute atomic E-state index is 12.9. The van der Waals surface area contributed by atoms with Crippen molar-refractivity contribution in [1.82, 2.24) is 4.90 Å². The maximum atomic E-state index is 12.9. The lowest BCUT2D eigenvalue weighted by Crippen LogP contribution is -2.36. The van der Waals surface area contributed by atoms with Gasteiger partial charge in [0.05, 0.1) is 4.91 Å². The van der Waals surface area contributed by atoms with Gasteiger partial charge in [-0.05, 0) is 60.8 Å². The predicted octanol–water partition coefficient (Wildman–Crippen LogP) is 5.97. The van der Waals surface area contributed by atoms with E-state index in [0.29, 0.717) is 23.6 Å². The first kappa shape index (κ1) is 24.6. The smallest absolute Gasteiger partial charge is 0.294 e. The molecule has 3 aromatic rings. The number of ether oxygens (including phenoxy) is 1. The van der Waals surface area contributed by atoms with E-state index in [1.807, 2.05) is 73.8 Å². The van der Waals surface area contributed by atoms with Crippen LogP contribution in [0.1, 0.15) is 16.7 Å². The molecule has 0 radical (unpaired) electrons. The summed E-state index contributed by atoms with van der Waals surface area (Å²) in [5.41, 5.74) is 3.48. The van der Waals surface area contributed by atoms with E-state index in [2.05, 4.69) is 11.4 Å². The van der Waals surface area contributed by atoms with Crippen LogP contribution in [-0.4, -0.2) is 34.8 Å². The maximum Gasteiger partial charge on any atom is 0.294 e. The van der Waals surface area contributed by atoms with Gasteiger partial charge in [0.2, 0.25) is 5.91 Å². The topological polar surface area (TPSA) is 75.7 Å². The summed E-state index contributed by atoms with van der Waals surface area (Å²) in [6, 6.07) is 22.8. The average molecular weight is 505 g/mol. The number of aryl methyl sites for hydroxylation is 1. The molecule has 35 heavy (non-hydrogen) atoms. The summed E-state index contributed by atoms with van der Waals surface area (Å²) in [6.45, 7) is 2.05. The molecule has 0 bridgehead atoms. The van der Waals surface area contributed by atoms with Crippen LogP contribution in [0.25, 0.3) is 6.08 Å². The highest BCUT2D eigenvalue weighted by Gasteiger charge is 2.36. The highest BCUT2D eigenvalue weighted by Crippen LogP contribution is 2.34. The second-order valence-electron chi connectivity index (χ2n) is 7.86.